The first kappa shape index (κ1) is 34.3. The van der Waals surface area contributed by atoms with E-state index in [1.54, 1.807) is 10.6 Å². The molecular weight excluding hydrogens is 556 g/mol. The molecule has 4 rings (SSSR count). The minimum atomic E-state index is -2.50. The van der Waals surface area contributed by atoms with Crippen LogP contribution in [0.3, 0.4) is 0 Å². The van der Waals surface area contributed by atoms with Gasteiger partial charge in [0, 0.05) is 0 Å². The van der Waals surface area contributed by atoms with Crippen molar-refractivity contribution in [3.63, 3.8) is 0 Å². The average molecular weight is 605 g/mol. The van der Waals surface area contributed by atoms with Gasteiger partial charge in [-0.15, -0.1) is 80.7 Å². The van der Waals surface area contributed by atoms with Crippen molar-refractivity contribution in [2.24, 2.45) is 0 Å². The summed E-state index contributed by atoms with van der Waals surface area (Å²) in [6.45, 7) is 9.20. The summed E-state index contributed by atoms with van der Waals surface area (Å²) in [6, 6.07) is 27.3. The zero-order valence-electron chi connectivity index (χ0n) is 24.6. The zero-order valence-corrected chi connectivity index (χ0v) is 27.9. The van der Waals surface area contributed by atoms with Gasteiger partial charge >= 0.3 is 26.4 Å². The van der Waals surface area contributed by atoms with Crippen LogP contribution in [0.4, 0.5) is 6.18 Å². The molecule has 0 amide bonds. The van der Waals surface area contributed by atoms with Crippen LogP contribution in [0.15, 0.2) is 72.8 Å². The Morgan fingerprint density at radius 3 is 1.15 bits per heavy atom. The maximum atomic E-state index is 9.75. The van der Waals surface area contributed by atoms with Crippen LogP contribution in [0.1, 0.15) is 79.1 Å². The predicted molar refractivity (Wildman–Crippen MR) is 174 cm³/mol. The van der Waals surface area contributed by atoms with Gasteiger partial charge in [0.25, 0.3) is 0 Å². The Kier molecular flexibility index (Phi) is 18.4. The molecule has 0 radical (unpaired) electrons. The first-order valence-corrected chi connectivity index (χ1v) is 19.5. The molecule has 0 nitrogen and oxygen atoms in total. The fourth-order valence-electron chi connectivity index (χ4n) is 4.77. The van der Waals surface area contributed by atoms with E-state index in [0.29, 0.717) is 0 Å². The molecule has 0 aliphatic heterocycles. The summed E-state index contributed by atoms with van der Waals surface area (Å²) in [5.41, 5.74) is 0. The van der Waals surface area contributed by atoms with Crippen molar-refractivity contribution in [3.8, 4) is 0 Å². The van der Waals surface area contributed by atoms with E-state index in [1.165, 1.54) is 97.6 Å². The Morgan fingerprint density at radius 1 is 0.564 bits per heavy atom. The predicted octanol–water partition coefficient (Wildman–Crippen LogP) is 11.4. The molecule has 0 unspecified atom stereocenters. The quantitative estimate of drug-likeness (QED) is 0.0763. The van der Waals surface area contributed by atoms with E-state index in [0.717, 1.165) is 0 Å². The van der Waals surface area contributed by atoms with E-state index < -0.39 is 20.2 Å². The molecule has 0 saturated carbocycles. The van der Waals surface area contributed by atoms with E-state index >= 15 is 0 Å². The average Bonchev–Trinajstić information content (AvgIpc) is 3.58. The van der Waals surface area contributed by atoms with Crippen molar-refractivity contribution in [1.82, 2.24) is 0 Å². The van der Waals surface area contributed by atoms with E-state index in [1.807, 2.05) is 0 Å². The number of halogens is 2. The van der Waals surface area contributed by atoms with Crippen LogP contribution in [-0.2, 0) is 20.2 Å². The van der Waals surface area contributed by atoms with E-state index in [9.17, 15) is 6.18 Å². The summed E-state index contributed by atoms with van der Waals surface area (Å²) in [4.78, 5) is 0. The van der Waals surface area contributed by atoms with Crippen molar-refractivity contribution in [1.29, 1.82) is 0 Å². The molecule has 0 aliphatic rings. The third-order valence-corrected chi connectivity index (χ3v) is 12.5. The molecule has 0 spiro atoms. The molecule has 214 valence electrons. The fourth-order valence-corrected chi connectivity index (χ4v) is 10.3. The molecular formula is C34H48F2P2Ti-2. The third-order valence-electron chi connectivity index (χ3n) is 7.06. The zero-order chi connectivity index (χ0) is 28.3. The van der Waals surface area contributed by atoms with Crippen molar-refractivity contribution in [2.45, 2.75) is 79.1 Å². The van der Waals surface area contributed by atoms with Gasteiger partial charge < -0.3 is 0 Å². The Balaban J connectivity index is 0.000000249. The van der Waals surface area contributed by atoms with Gasteiger partial charge in [0.2, 0.25) is 0 Å². The molecule has 0 N–H and O–H groups in total. The molecule has 0 aliphatic carbocycles. The van der Waals surface area contributed by atoms with Crippen molar-refractivity contribution in [2.75, 3.05) is 24.6 Å². The molecule has 39 heavy (non-hydrogen) atoms. The van der Waals surface area contributed by atoms with E-state index in [2.05, 4.69) is 100 Å². The van der Waals surface area contributed by atoms with Crippen LogP contribution in [0.5, 0.6) is 0 Å². The van der Waals surface area contributed by atoms with Gasteiger partial charge in [0.1, 0.15) is 0 Å². The second-order valence-corrected chi connectivity index (χ2v) is 15.3. The minimum absolute atomic E-state index is 0.0856. The van der Waals surface area contributed by atoms with Crippen molar-refractivity contribution >= 4 is 48.0 Å². The summed E-state index contributed by atoms with van der Waals surface area (Å²) in [7, 11) is 0.171. The van der Waals surface area contributed by atoms with E-state index in [4.69, 9.17) is 0 Å². The first-order valence-electron chi connectivity index (χ1n) is 14.9. The van der Waals surface area contributed by atoms with Crippen LogP contribution in [0, 0.1) is 0 Å². The van der Waals surface area contributed by atoms with Crippen LogP contribution >= 0.6 is 15.8 Å². The second kappa shape index (κ2) is 20.9. The standard InChI is InChI=1S/2C17H24P.2FH.Ti/c2*1-3-5-11-18(12-6-4-2)17-13-15-9-7-8-10-16(15)14-17;;;/h2*7-10,13-14H,3-6,11-12H2,1-2H3;2*1H;/q2*-1;;;+2/p-2. The Morgan fingerprint density at radius 2 is 0.872 bits per heavy atom. The number of hydrogen-bond acceptors (Lipinski definition) is 0. The second-order valence-electron chi connectivity index (χ2n) is 10.1. The number of rotatable bonds is 14. The van der Waals surface area contributed by atoms with Gasteiger partial charge in [-0.1, -0.05) is 81.4 Å². The molecule has 0 atom stereocenters. The third kappa shape index (κ3) is 12.2. The van der Waals surface area contributed by atoms with Crippen LogP contribution in [0.25, 0.3) is 21.5 Å². The monoisotopic (exact) mass is 604 g/mol. The van der Waals surface area contributed by atoms with Gasteiger partial charge in [-0.3, -0.25) is 0 Å². The Bertz CT molecular complexity index is 980. The Labute approximate surface area is 249 Å². The summed E-state index contributed by atoms with van der Waals surface area (Å²) in [5.74, 6) is 0. The van der Waals surface area contributed by atoms with Gasteiger partial charge in [-0.05, 0) is 50.3 Å². The van der Waals surface area contributed by atoms with Gasteiger partial charge in [0.05, 0.1) is 0 Å². The summed E-state index contributed by atoms with van der Waals surface area (Å²) >= 11 is -2.50. The molecule has 4 aromatic carbocycles. The molecule has 0 heterocycles. The maximum absolute atomic E-state index is 9.75. The van der Waals surface area contributed by atoms with Crippen molar-refractivity contribution < 1.29 is 26.4 Å². The normalized spacial score (nSPS) is 11.0. The molecule has 5 heteroatoms. The van der Waals surface area contributed by atoms with Gasteiger partial charge in [-0.25, -0.2) is 0 Å². The number of hydrogen-bond donors (Lipinski definition) is 0. The van der Waals surface area contributed by atoms with Crippen LogP contribution in [-0.4, -0.2) is 24.6 Å². The van der Waals surface area contributed by atoms with Crippen LogP contribution in [0.2, 0.25) is 0 Å². The van der Waals surface area contributed by atoms with Gasteiger partial charge in [-0.2, -0.15) is 12.1 Å². The van der Waals surface area contributed by atoms with Crippen molar-refractivity contribution in [3.05, 3.63) is 72.8 Å². The van der Waals surface area contributed by atoms with Gasteiger partial charge in [0.15, 0.2) is 0 Å². The SMILES string of the molecule is CCCCP(CCCC)c1cc2ccccc2[cH-]1.CCCCP(CCCC)c1cc2ccccc2[cH-]1.[F][Ti][F]. The molecule has 4 aromatic rings. The molecule has 0 saturated heterocycles. The first-order chi connectivity index (χ1) is 19.1. The number of benzene rings is 2. The topological polar surface area (TPSA) is 0 Å². The summed E-state index contributed by atoms with van der Waals surface area (Å²) in [5, 5.41) is 8.96. The fraction of sp³-hybridized carbons (Fsp3) is 0.471. The number of unbranched alkanes of at least 4 members (excludes halogenated alkanes) is 4. The van der Waals surface area contributed by atoms with Crippen LogP contribution < -0.4 is 10.6 Å². The van der Waals surface area contributed by atoms with E-state index in [-0.39, 0.29) is 15.8 Å². The summed E-state index contributed by atoms with van der Waals surface area (Å²) < 4.78 is 19.5. The molecule has 0 fully saturated rings. The Hall–Kier alpha value is -0.906. The molecule has 0 bridgehead atoms. The molecule has 0 aromatic heterocycles. The number of fused-ring (bicyclic) bond motifs is 2. The summed E-state index contributed by atoms with van der Waals surface area (Å²) in [6.07, 6.45) is 16.5.